The molecule has 0 aliphatic heterocycles. The molecule has 0 spiro atoms. The Bertz CT molecular complexity index is 373. The first-order valence-electron chi connectivity index (χ1n) is 8.20. The molecular formula is C16H32N2O5. The van der Waals surface area contributed by atoms with Crippen LogP contribution in [0.1, 0.15) is 72.1 Å². The van der Waals surface area contributed by atoms with Gasteiger partial charge in [-0.1, -0.05) is 46.5 Å². The van der Waals surface area contributed by atoms with E-state index in [1.54, 1.807) is 6.92 Å². The lowest BCUT2D eigenvalue weighted by Crippen LogP contribution is -2.56. The zero-order valence-corrected chi connectivity index (χ0v) is 14.5. The minimum Gasteiger partial charge on any atom is -0.481 e. The number of carboxylic acids is 2. The van der Waals surface area contributed by atoms with Gasteiger partial charge in [0.1, 0.15) is 5.54 Å². The van der Waals surface area contributed by atoms with Crippen LogP contribution in [0.3, 0.4) is 0 Å². The first kappa shape index (κ1) is 23.6. The molecule has 0 saturated heterocycles. The van der Waals surface area contributed by atoms with E-state index < -0.39 is 23.4 Å². The highest BCUT2D eigenvalue weighted by Gasteiger charge is 2.45. The van der Waals surface area contributed by atoms with Gasteiger partial charge in [-0.05, 0) is 19.3 Å². The number of aliphatic carboxylic acids is 2. The molecular weight excluding hydrogens is 300 g/mol. The smallest absolute Gasteiger partial charge is 0.324 e. The quantitative estimate of drug-likeness (QED) is 0.427. The molecule has 23 heavy (non-hydrogen) atoms. The molecule has 0 fully saturated rings. The Morgan fingerprint density at radius 1 is 1.00 bits per heavy atom. The van der Waals surface area contributed by atoms with Crippen LogP contribution in [0.15, 0.2) is 0 Å². The van der Waals surface area contributed by atoms with E-state index in [0.717, 1.165) is 19.3 Å². The Morgan fingerprint density at radius 2 is 1.57 bits per heavy atom. The molecule has 2 unspecified atom stereocenters. The fourth-order valence-corrected chi connectivity index (χ4v) is 2.28. The van der Waals surface area contributed by atoms with Crippen molar-refractivity contribution in [3.63, 3.8) is 0 Å². The maximum Gasteiger partial charge on any atom is 0.324 e. The van der Waals surface area contributed by atoms with Gasteiger partial charge < -0.3 is 21.7 Å². The summed E-state index contributed by atoms with van der Waals surface area (Å²) in [5, 5.41) is 18.0. The van der Waals surface area contributed by atoms with Crippen molar-refractivity contribution in [2.24, 2.45) is 17.4 Å². The molecule has 0 saturated carbocycles. The SMILES string of the molecule is CCCC(C(=O)O)C(N)(CCC)C(=O)O.CCCCCC(N)=O. The molecule has 2 atom stereocenters. The molecule has 6 N–H and O–H groups in total. The Balaban J connectivity index is 0. The molecule has 136 valence electrons. The zero-order valence-electron chi connectivity index (χ0n) is 14.5. The van der Waals surface area contributed by atoms with Crippen molar-refractivity contribution in [3.05, 3.63) is 0 Å². The van der Waals surface area contributed by atoms with E-state index >= 15 is 0 Å². The predicted octanol–water partition coefficient (Wildman–Crippen LogP) is 2.12. The lowest BCUT2D eigenvalue weighted by atomic mass is 9.78. The molecule has 7 heteroatoms. The van der Waals surface area contributed by atoms with E-state index in [1.807, 2.05) is 6.92 Å². The van der Waals surface area contributed by atoms with E-state index in [-0.39, 0.29) is 18.7 Å². The van der Waals surface area contributed by atoms with E-state index in [9.17, 15) is 14.4 Å². The summed E-state index contributed by atoms with van der Waals surface area (Å²) in [4.78, 5) is 32.1. The van der Waals surface area contributed by atoms with Crippen LogP contribution in [0.2, 0.25) is 0 Å². The van der Waals surface area contributed by atoms with E-state index in [4.69, 9.17) is 21.7 Å². The molecule has 0 aromatic heterocycles. The fourth-order valence-electron chi connectivity index (χ4n) is 2.28. The molecule has 0 bridgehead atoms. The lowest BCUT2D eigenvalue weighted by Gasteiger charge is -2.30. The normalized spacial score (nSPS) is 14.1. The summed E-state index contributed by atoms with van der Waals surface area (Å²) in [7, 11) is 0. The topological polar surface area (TPSA) is 144 Å². The summed E-state index contributed by atoms with van der Waals surface area (Å²) in [6, 6.07) is 0. The molecule has 0 radical (unpaired) electrons. The highest BCUT2D eigenvalue weighted by molar-refractivity contribution is 5.86. The van der Waals surface area contributed by atoms with Crippen LogP contribution < -0.4 is 11.5 Å². The monoisotopic (exact) mass is 332 g/mol. The second kappa shape index (κ2) is 12.9. The Hall–Kier alpha value is -1.63. The largest absolute Gasteiger partial charge is 0.481 e. The lowest BCUT2D eigenvalue weighted by molar-refractivity contribution is -0.156. The van der Waals surface area contributed by atoms with E-state index in [0.29, 0.717) is 19.3 Å². The van der Waals surface area contributed by atoms with Crippen molar-refractivity contribution >= 4 is 17.8 Å². The van der Waals surface area contributed by atoms with Gasteiger partial charge in [-0.25, -0.2) is 0 Å². The minimum absolute atomic E-state index is 0.180. The summed E-state index contributed by atoms with van der Waals surface area (Å²) in [5.74, 6) is -3.56. The van der Waals surface area contributed by atoms with Crippen molar-refractivity contribution in [3.8, 4) is 0 Å². The van der Waals surface area contributed by atoms with Gasteiger partial charge in [0, 0.05) is 6.42 Å². The molecule has 0 heterocycles. The number of amides is 1. The Kier molecular flexibility index (Phi) is 13.2. The second-order valence-corrected chi connectivity index (χ2v) is 5.70. The van der Waals surface area contributed by atoms with Crippen LogP contribution in [0.25, 0.3) is 0 Å². The number of unbranched alkanes of at least 4 members (excludes halogenated alkanes) is 2. The molecule has 0 aliphatic rings. The zero-order chi connectivity index (χ0) is 18.5. The highest BCUT2D eigenvalue weighted by Crippen LogP contribution is 2.25. The van der Waals surface area contributed by atoms with E-state index in [1.165, 1.54) is 0 Å². The van der Waals surface area contributed by atoms with Gasteiger partial charge in [-0.3, -0.25) is 14.4 Å². The molecule has 0 aromatic carbocycles. The van der Waals surface area contributed by atoms with Crippen molar-refractivity contribution in [2.45, 2.75) is 77.7 Å². The van der Waals surface area contributed by atoms with Crippen molar-refractivity contribution in [2.75, 3.05) is 0 Å². The summed E-state index contributed by atoms with van der Waals surface area (Å²) >= 11 is 0. The number of hydrogen-bond acceptors (Lipinski definition) is 4. The standard InChI is InChI=1S/C10H19NO4.C6H13NO/c1-3-5-7(8(12)13)10(11,6-4-2)9(14)15;1-2-3-4-5-6(7)8/h7H,3-6,11H2,1-2H3,(H,12,13)(H,14,15);2-5H2,1H3,(H2,7,8). The van der Waals surface area contributed by atoms with Crippen LogP contribution >= 0.6 is 0 Å². The Morgan fingerprint density at radius 3 is 1.87 bits per heavy atom. The first-order valence-corrected chi connectivity index (χ1v) is 8.20. The number of primary amides is 1. The van der Waals surface area contributed by atoms with Gasteiger partial charge in [0.15, 0.2) is 0 Å². The van der Waals surface area contributed by atoms with Crippen LogP contribution in [0.4, 0.5) is 0 Å². The van der Waals surface area contributed by atoms with Crippen LogP contribution in [0.5, 0.6) is 0 Å². The first-order chi connectivity index (χ1) is 10.7. The average molecular weight is 332 g/mol. The summed E-state index contributed by atoms with van der Waals surface area (Å²) in [6.07, 6.45) is 5.39. The van der Waals surface area contributed by atoms with Gasteiger partial charge in [-0.15, -0.1) is 0 Å². The molecule has 1 amide bonds. The van der Waals surface area contributed by atoms with Crippen LogP contribution in [-0.4, -0.2) is 33.6 Å². The van der Waals surface area contributed by atoms with Crippen LogP contribution in [-0.2, 0) is 14.4 Å². The predicted molar refractivity (Wildman–Crippen MR) is 88.8 cm³/mol. The van der Waals surface area contributed by atoms with Gasteiger partial charge in [0.25, 0.3) is 0 Å². The summed E-state index contributed by atoms with van der Waals surface area (Å²) < 4.78 is 0. The average Bonchev–Trinajstić information content (AvgIpc) is 2.45. The highest BCUT2D eigenvalue weighted by atomic mass is 16.4. The Labute approximate surface area is 138 Å². The third kappa shape index (κ3) is 9.89. The minimum atomic E-state index is -1.64. The maximum absolute atomic E-state index is 11.0. The number of carbonyl (C=O) groups excluding carboxylic acids is 1. The maximum atomic E-state index is 11.0. The number of hydrogen-bond donors (Lipinski definition) is 4. The second-order valence-electron chi connectivity index (χ2n) is 5.70. The number of carbonyl (C=O) groups is 3. The molecule has 7 nitrogen and oxygen atoms in total. The van der Waals surface area contributed by atoms with E-state index in [2.05, 4.69) is 6.92 Å². The number of carboxylic acid groups (broad SMARTS) is 2. The third-order valence-corrected chi connectivity index (χ3v) is 3.59. The number of nitrogens with two attached hydrogens (primary N) is 2. The summed E-state index contributed by atoms with van der Waals surface area (Å²) in [5.41, 5.74) is 8.95. The van der Waals surface area contributed by atoms with Crippen molar-refractivity contribution < 1.29 is 24.6 Å². The van der Waals surface area contributed by atoms with Crippen molar-refractivity contribution in [1.29, 1.82) is 0 Å². The fraction of sp³-hybridized carbons (Fsp3) is 0.812. The molecule has 0 aromatic rings. The van der Waals surface area contributed by atoms with Gasteiger partial charge in [0.2, 0.25) is 5.91 Å². The van der Waals surface area contributed by atoms with Crippen LogP contribution in [0, 0.1) is 5.92 Å². The summed E-state index contributed by atoms with van der Waals surface area (Å²) in [6.45, 7) is 5.69. The molecule has 0 rings (SSSR count). The van der Waals surface area contributed by atoms with Gasteiger partial charge in [0.05, 0.1) is 5.92 Å². The van der Waals surface area contributed by atoms with Gasteiger partial charge >= 0.3 is 11.9 Å². The molecule has 0 aliphatic carbocycles. The third-order valence-electron chi connectivity index (χ3n) is 3.59. The van der Waals surface area contributed by atoms with Crippen molar-refractivity contribution in [1.82, 2.24) is 0 Å². The number of rotatable bonds is 11. The van der Waals surface area contributed by atoms with Gasteiger partial charge in [-0.2, -0.15) is 0 Å².